The third-order valence-electron chi connectivity index (χ3n) is 4.10. The van der Waals surface area contributed by atoms with Gasteiger partial charge in [0.25, 0.3) is 0 Å². The molecular formula is C15H15ClF3N3OS. The van der Waals surface area contributed by atoms with Crippen molar-refractivity contribution in [1.29, 1.82) is 0 Å². The van der Waals surface area contributed by atoms with Crippen molar-refractivity contribution in [3.8, 4) is 0 Å². The van der Waals surface area contributed by atoms with Gasteiger partial charge in [-0.2, -0.15) is 13.2 Å². The van der Waals surface area contributed by atoms with Crippen molar-refractivity contribution < 1.29 is 18.0 Å². The Labute approximate surface area is 145 Å². The molecule has 2 aromatic rings. The number of hydrogen-bond acceptors (Lipinski definition) is 4. The number of hydrogen-bond donors (Lipinski definition) is 0. The van der Waals surface area contributed by atoms with Crippen LogP contribution in [0.25, 0.3) is 10.2 Å². The number of anilines is 1. The molecular weight excluding hydrogens is 363 g/mol. The minimum absolute atomic E-state index is 0.100. The van der Waals surface area contributed by atoms with Crippen LogP contribution >= 0.6 is 22.9 Å². The first-order chi connectivity index (χ1) is 11.2. The fourth-order valence-electron chi connectivity index (χ4n) is 3.05. The second kappa shape index (κ2) is 6.07. The van der Waals surface area contributed by atoms with E-state index in [1.54, 1.807) is 4.90 Å². The van der Waals surface area contributed by atoms with Gasteiger partial charge in [-0.1, -0.05) is 11.3 Å². The number of fused-ring (bicyclic) bond motifs is 1. The zero-order chi connectivity index (χ0) is 17.6. The molecule has 1 aliphatic rings. The fourth-order valence-corrected chi connectivity index (χ4v) is 4.41. The first-order valence-electron chi connectivity index (χ1n) is 7.37. The summed E-state index contributed by atoms with van der Waals surface area (Å²) < 4.78 is 39.0. The third kappa shape index (κ3) is 3.17. The number of nitrogens with zero attached hydrogens (tertiary/aromatic N) is 3. The number of halogens is 4. The van der Waals surface area contributed by atoms with Crippen LogP contribution < -0.4 is 4.90 Å². The molecule has 1 fully saturated rings. The van der Waals surface area contributed by atoms with Crippen LogP contribution in [0.3, 0.4) is 0 Å². The Kier molecular flexibility index (Phi) is 4.37. The van der Waals surface area contributed by atoms with Crippen LogP contribution in [0.5, 0.6) is 0 Å². The molecule has 1 saturated heterocycles. The molecule has 130 valence electrons. The summed E-state index contributed by atoms with van der Waals surface area (Å²) in [6, 6.07) is 3.36. The summed E-state index contributed by atoms with van der Waals surface area (Å²) in [4.78, 5) is 19.5. The van der Waals surface area contributed by atoms with E-state index in [0.717, 1.165) is 12.1 Å². The van der Waals surface area contributed by atoms with Gasteiger partial charge >= 0.3 is 11.5 Å². The smallest absolute Gasteiger partial charge is 0.344 e. The Bertz CT molecular complexity index is 767. The van der Waals surface area contributed by atoms with Gasteiger partial charge in [0, 0.05) is 25.2 Å². The molecule has 1 amide bonds. The molecule has 0 unspecified atom stereocenters. The number of amides is 1. The first-order valence-corrected chi connectivity index (χ1v) is 8.57. The van der Waals surface area contributed by atoms with Gasteiger partial charge in [0.15, 0.2) is 5.13 Å². The average molecular weight is 378 g/mol. The lowest BCUT2D eigenvalue weighted by Crippen LogP contribution is -2.57. The van der Waals surface area contributed by atoms with Gasteiger partial charge in [-0.15, -0.1) is 0 Å². The van der Waals surface area contributed by atoms with Crippen molar-refractivity contribution in [3.63, 3.8) is 0 Å². The number of alkyl halides is 3. The summed E-state index contributed by atoms with van der Waals surface area (Å²) in [5.41, 5.74) is -0.136. The highest BCUT2D eigenvalue weighted by Gasteiger charge is 2.34. The van der Waals surface area contributed by atoms with E-state index in [1.165, 1.54) is 17.4 Å². The van der Waals surface area contributed by atoms with Gasteiger partial charge in [-0.05, 0) is 43.6 Å². The molecule has 4 nitrogen and oxygen atoms in total. The summed E-state index contributed by atoms with van der Waals surface area (Å²) in [6.45, 7) is 4.85. The highest BCUT2D eigenvalue weighted by atomic mass is 35.5. The predicted molar refractivity (Wildman–Crippen MR) is 88.8 cm³/mol. The largest absolute Gasteiger partial charge is 0.416 e. The topological polar surface area (TPSA) is 36.4 Å². The fraction of sp³-hybridized carbons (Fsp3) is 0.467. The van der Waals surface area contributed by atoms with E-state index in [0.29, 0.717) is 28.4 Å². The van der Waals surface area contributed by atoms with Crippen molar-refractivity contribution in [2.75, 3.05) is 18.0 Å². The monoisotopic (exact) mass is 377 g/mol. The van der Waals surface area contributed by atoms with Gasteiger partial charge in [-0.25, -0.2) is 4.98 Å². The van der Waals surface area contributed by atoms with Crippen molar-refractivity contribution in [2.45, 2.75) is 32.1 Å². The molecule has 0 bridgehead atoms. The van der Waals surface area contributed by atoms with Crippen LogP contribution in [-0.4, -0.2) is 40.4 Å². The van der Waals surface area contributed by atoms with Crippen LogP contribution in [0.4, 0.5) is 23.1 Å². The van der Waals surface area contributed by atoms with Gasteiger partial charge in [0.1, 0.15) is 0 Å². The highest BCUT2D eigenvalue weighted by molar-refractivity contribution is 7.22. The molecule has 3 rings (SSSR count). The number of carbonyl (C=O) groups excluding carboxylic acids is 1. The number of carbonyl (C=O) groups is 1. The molecule has 0 spiro atoms. The third-order valence-corrected chi connectivity index (χ3v) is 5.37. The van der Waals surface area contributed by atoms with E-state index in [9.17, 15) is 18.0 Å². The van der Waals surface area contributed by atoms with E-state index < -0.39 is 17.1 Å². The lowest BCUT2D eigenvalue weighted by Gasteiger charge is -2.43. The van der Waals surface area contributed by atoms with Gasteiger partial charge in [0.05, 0.1) is 15.8 Å². The van der Waals surface area contributed by atoms with Crippen LogP contribution in [0.1, 0.15) is 19.4 Å². The molecule has 0 saturated carbocycles. The molecule has 0 radical (unpaired) electrons. The Morgan fingerprint density at radius 1 is 1.29 bits per heavy atom. The normalized spacial score (nSPS) is 22.2. The van der Waals surface area contributed by atoms with Crippen LogP contribution in [0.15, 0.2) is 18.2 Å². The number of piperazine rings is 1. The predicted octanol–water partition coefficient (Wildman–Crippen LogP) is 4.57. The van der Waals surface area contributed by atoms with Gasteiger partial charge in [-0.3, -0.25) is 4.79 Å². The summed E-state index contributed by atoms with van der Waals surface area (Å²) in [6.07, 6.45) is -4.37. The maximum absolute atomic E-state index is 12.8. The quantitative estimate of drug-likeness (QED) is 0.539. The number of aromatic nitrogens is 1. The van der Waals surface area contributed by atoms with Crippen LogP contribution in [-0.2, 0) is 6.18 Å². The van der Waals surface area contributed by atoms with E-state index >= 15 is 0 Å². The Morgan fingerprint density at radius 2 is 1.92 bits per heavy atom. The van der Waals surface area contributed by atoms with Gasteiger partial charge in [0.2, 0.25) is 0 Å². The lowest BCUT2D eigenvalue weighted by molar-refractivity contribution is -0.137. The maximum atomic E-state index is 12.8. The average Bonchev–Trinajstić information content (AvgIpc) is 2.87. The molecule has 24 heavy (non-hydrogen) atoms. The summed E-state index contributed by atoms with van der Waals surface area (Å²) in [5, 5.41) is 0.165. The van der Waals surface area contributed by atoms with Crippen LogP contribution in [0, 0.1) is 0 Å². The number of thiazole rings is 1. The second-order valence-corrected chi connectivity index (χ2v) is 7.27. The van der Waals surface area contributed by atoms with E-state index in [2.05, 4.69) is 4.98 Å². The molecule has 9 heteroatoms. The lowest BCUT2D eigenvalue weighted by atomic mass is 10.1. The minimum Gasteiger partial charge on any atom is -0.344 e. The Morgan fingerprint density at radius 3 is 2.46 bits per heavy atom. The van der Waals surface area contributed by atoms with Crippen molar-refractivity contribution in [2.24, 2.45) is 0 Å². The van der Waals surface area contributed by atoms with Crippen LogP contribution in [0.2, 0.25) is 0 Å². The second-order valence-electron chi connectivity index (χ2n) is 5.94. The molecule has 2 heterocycles. The summed E-state index contributed by atoms with van der Waals surface area (Å²) >= 11 is 6.84. The first kappa shape index (κ1) is 17.3. The Hall–Kier alpha value is -1.54. The summed E-state index contributed by atoms with van der Waals surface area (Å²) in [7, 11) is 0. The highest BCUT2D eigenvalue weighted by Crippen LogP contribution is 2.36. The van der Waals surface area contributed by atoms with Gasteiger partial charge < -0.3 is 9.80 Å². The maximum Gasteiger partial charge on any atom is 0.416 e. The molecule has 1 aromatic carbocycles. The Balaban J connectivity index is 1.89. The zero-order valence-electron chi connectivity index (χ0n) is 13.0. The summed E-state index contributed by atoms with van der Waals surface area (Å²) in [5.74, 6) is 0. The number of benzene rings is 1. The van der Waals surface area contributed by atoms with Crippen molar-refractivity contribution >= 4 is 43.7 Å². The van der Waals surface area contributed by atoms with E-state index in [4.69, 9.17) is 11.6 Å². The molecule has 1 aliphatic heterocycles. The molecule has 0 aliphatic carbocycles. The SMILES string of the molecule is C[C@@H]1CN(c2nc3ccc(C(F)(F)F)cc3s2)C[C@@H](C)N1C(=O)Cl. The molecule has 0 N–H and O–H groups in total. The van der Waals surface area contributed by atoms with Crippen molar-refractivity contribution in [3.05, 3.63) is 23.8 Å². The number of rotatable bonds is 1. The molecule has 1 aromatic heterocycles. The molecule has 2 atom stereocenters. The zero-order valence-corrected chi connectivity index (χ0v) is 14.5. The van der Waals surface area contributed by atoms with E-state index in [1.807, 2.05) is 18.7 Å². The van der Waals surface area contributed by atoms with Crippen molar-refractivity contribution in [1.82, 2.24) is 9.88 Å². The minimum atomic E-state index is -4.37. The standard InChI is InChI=1S/C15H15ClF3N3OS/c1-8-6-21(7-9(2)22(8)13(16)23)14-20-11-4-3-10(15(17,18)19)5-12(11)24-14/h3-5,8-9H,6-7H2,1-2H3/t8-,9-/m1/s1. The van der Waals surface area contributed by atoms with E-state index in [-0.39, 0.29) is 12.1 Å².